The molecule has 0 saturated heterocycles. The number of nitrogen functional groups attached to an aromatic ring is 1. The van der Waals surface area contributed by atoms with Crippen molar-refractivity contribution in [3.8, 4) is 0 Å². The Morgan fingerprint density at radius 1 is 1.37 bits per heavy atom. The number of thioether (sulfide) groups is 1. The van der Waals surface area contributed by atoms with Crippen LogP contribution < -0.4 is 11.1 Å². The fraction of sp³-hybridized carbons (Fsp3) is 0.100. The number of carbonyl (C=O) groups is 1. The molecule has 100 valence electrons. The second kappa shape index (κ2) is 5.93. The number of halogens is 2. The Balaban J connectivity index is 1.94. The molecule has 2 aromatic rings. The molecule has 0 unspecified atom stereocenters. The van der Waals surface area contributed by atoms with Gasteiger partial charge in [0.25, 0.3) is 0 Å². The van der Waals surface area contributed by atoms with Gasteiger partial charge in [-0.25, -0.2) is 8.78 Å². The second-order valence-electron chi connectivity index (χ2n) is 3.34. The van der Waals surface area contributed by atoms with Crippen molar-refractivity contribution in [1.29, 1.82) is 0 Å². The Morgan fingerprint density at radius 3 is 2.63 bits per heavy atom. The summed E-state index contributed by atoms with van der Waals surface area (Å²) in [4.78, 5) is 11.6. The van der Waals surface area contributed by atoms with Crippen LogP contribution in [-0.4, -0.2) is 21.9 Å². The van der Waals surface area contributed by atoms with Crippen molar-refractivity contribution in [1.82, 2.24) is 10.2 Å². The summed E-state index contributed by atoms with van der Waals surface area (Å²) in [5.74, 6) is -2.22. The molecule has 1 aromatic carbocycles. The molecular formula is C10H8F2N4OS2. The van der Waals surface area contributed by atoms with Crippen molar-refractivity contribution in [2.75, 3.05) is 16.8 Å². The molecule has 0 saturated carbocycles. The van der Waals surface area contributed by atoms with Gasteiger partial charge in [-0.2, -0.15) is 0 Å². The first-order valence-corrected chi connectivity index (χ1v) is 6.82. The average Bonchev–Trinajstić information content (AvgIpc) is 2.77. The zero-order valence-electron chi connectivity index (χ0n) is 9.39. The topological polar surface area (TPSA) is 80.9 Å². The van der Waals surface area contributed by atoms with E-state index in [0.717, 1.165) is 35.2 Å². The van der Waals surface area contributed by atoms with Gasteiger partial charge in [-0.15, -0.1) is 10.2 Å². The molecule has 0 aliphatic carbocycles. The fourth-order valence-electron chi connectivity index (χ4n) is 1.20. The molecule has 0 spiro atoms. The van der Waals surface area contributed by atoms with Gasteiger partial charge in [0.2, 0.25) is 11.0 Å². The van der Waals surface area contributed by atoms with Gasteiger partial charge in [0, 0.05) is 0 Å². The van der Waals surface area contributed by atoms with Gasteiger partial charge < -0.3 is 11.1 Å². The van der Waals surface area contributed by atoms with E-state index in [1.807, 2.05) is 0 Å². The number of nitrogens with one attached hydrogen (secondary N) is 1. The number of benzene rings is 1. The van der Waals surface area contributed by atoms with E-state index in [1.54, 1.807) is 0 Å². The Bertz CT molecular complexity index is 585. The van der Waals surface area contributed by atoms with Crippen LogP contribution in [0.2, 0.25) is 0 Å². The predicted molar refractivity (Wildman–Crippen MR) is 70.0 cm³/mol. The van der Waals surface area contributed by atoms with E-state index >= 15 is 0 Å². The lowest BCUT2D eigenvalue weighted by molar-refractivity contribution is -0.113. The van der Waals surface area contributed by atoms with Crippen LogP contribution in [0.4, 0.5) is 19.6 Å². The van der Waals surface area contributed by atoms with Crippen molar-refractivity contribution in [2.24, 2.45) is 0 Å². The predicted octanol–water partition coefficient (Wildman–Crippen LogP) is 2.13. The number of nitrogens with two attached hydrogens (primary N) is 1. The molecule has 19 heavy (non-hydrogen) atoms. The van der Waals surface area contributed by atoms with Crippen LogP contribution in [-0.2, 0) is 4.79 Å². The van der Waals surface area contributed by atoms with Crippen molar-refractivity contribution in [2.45, 2.75) is 4.34 Å². The number of para-hydroxylation sites is 1. The number of anilines is 2. The molecule has 3 N–H and O–H groups in total. The minimum Gasteiger partial charge on any atom is -0.374 e. The maximum atomic E-state index is 13.3. The zero-order chi connectivity index (χ0) is 13.8. The van der Waals surface area contributed by atoms with E-state index in [9.17, 15) is 13.6 Å². The summed E-state index contributed by atoms with van der Waals surface area (Å²) in [5, 5.41) is 9.75. The lowest BCUT2D eigenvalue weighted by atomic mass is 10.3. The van der Waals surface area contributed by atoms with Gasteiger partial charge >= 0.3 is 0 Å². The summed E-state index contributed by atoms with van der Waals surface area (Å²) in [7, 11) is 0. The SMILES string of the molecule is Nc1nnc(SCC(=O)Nc2c(F)cccc2F)s1. The fourth-order valence-corrected chi connectivity index (χ4v) is 2.63. The maximum absolute atomic E-state index is 13.3. The highest BCUT2D eigenvalue weighted by atomic mass is 32.2. The van der Waals surface area contributed by atoms with Crippen molar-refractivity contribution in [3.63, 3.8) is 0 Å². The normalized spacial score (nSPS) is 10.4. The minimum atomic E-state index is -0.821. The summed E-state index contributed by atoms with van der Waals surface area (Å²) in [6.45, 7) is 0. The number of amides is 1. The Morgan fingerprint density at radius 2 is 2.05 bits per heavy atom. The van der Waals surface area contributed by atoms with Crippen LogP contribution in [0.3, 0.4) is 0 Å². The van der Waals surface area contributed by atoms with Crippen LogP contribution in [0.5, 0.6) is 0 Å². The molecule has 0 atom stereocenters. The lowest BCUT2D eigenvalue weighted by Crippen LogP contribution is -2.16. The minimum absolute atomic E-state index is 0.0393. The highest BCUT2D eigenvalue weighted by Crippen LogP contribution is 2.24. The molecule has 0 fully saturated rings. The second-order valence-corrected chi connectivity index (χ2v) is 5.57. The molecule has 1 amide bonds. The van der Waals surface area contributed by atoms with E-state index in [1.165, 1.54) is 6.07 Å². The third kappa shape index (κ3) is 3.61. The number of nitrogens with zero attached hydrogens (tertiary/aromatic N) is 2. The average molecular weight is 302 g/mol. The molecular weight excluding hydrogens is 294 g/mol. The molecule has 0 bridgehead atoms. The van der Waals surface area contributed by atoms with Gasteiger partial charge in [-0.3, -0.25) is 4.79 Å². The van der Waals surface area contributed by atoms with E-state index in [4.69, 9.17) is 5.73 Å². The maximum Gasteiger partial charge on any atom is 0.234 e. The largest absolute Gasteiger partial charge is 0.374 e. The molecule has 9 heteroatoms. The smallest absolute Gasteiger partial charge is 0.234 e. The summed E-state index contributed by atoms with van der Waals surface area (Å²) >= 11 is 2.22. The van der Waals surface area contributed by atoms with Gasteiger partial charge in [0.05, 0.1) is 5.75 Å². The molecule has 1 heterocycles. The van der Waals surface area contributed by atoms with Crippen LogP contribution >= 0.6 is 23.1 Å². The number of carbonyl (C=O) groups excluding carboxylic acids is 1. The van der Waals surface area contributed by atoms with E-state index in [2.05, 4.69) is 15.5 Å². The third-order valence-corrected chi connectivity index (χ3v) is 3.86. The summed E-state index contributed by atoms with van der Waals surface area (Å²) < 4.78 is 27.1. The highest BCUT2D eigenvalue weighted by Gasteiger charge is 2.13. The van der Waals surface area contributed by atoms with Crippen LogP contribution in [0.15, 0.2) is 22.5 Å². The van der Waals surface area contributed by atoms with Crippen LogP contribution in [0.1, 0.15) is 0 Å². The van der Waals surface area contributed by atoms with Crippen molar-refractivity contribution < 1.29 is 13.6 Å². The van der Waals surface area contributed by atoms with Gasteiger partial charge in [-0.1, -0.05) is 29.2 Å². The molecule has 0 aliphatic rings. The van der Waals surface area contributed by atoms with Crippen LogP contribution in [0, 0.1) is 11.6 Å². The molecule has 1 aromatic heterocycles. The number of hydrogen-bond acceptors (Lipinski definition) is 6. The van der Waals surface area contributed by atoms with Crippen molar-refractivity contribution in [3.05, 3.63) is 29.8 Å². The zero-order valence-corrected chi connectivity index (χ0v) is 11.0. The first kappa shape index (κ1) is 13.7. The summed E-state index contributed by atoms with van der Waals surface area (Å²) in [6.07, 6.45) is 0. The molecule has 0 aliphatic heterocycles. The number of rotatable bonds is 4. The third-order valence-electron chi connectivity index (χ3n) is 1.98. The molecule has 2 rings (SSSR count). The number of aromatic nitrogens is 2. The Kier molecular flexibility index (Phi) is 4.27. The van der Waals surface area contributed by atoms with Crippen molar-refractivity contribution >= 4 is 39.8 Å². The first-order chi connectivity index (χ1) is 9.06. The first-order valence-electron chi connectivity index (χ1n) is 5.02. The number of hydrogen-bond donors (Lipinski definition) is 2. The van der Waals surface area contributed by atoms with Gasteiger partial charge in [-0.05, 0) is 12.1 Å². The Hall–Kier alpha value is -1.74. The van der Waals surface area contributed by atoms with Crippen LogP contribution in [0.25, 0.3) is 0 Å². The van der Waals surface area contributed by atoms with Gasteiger partial charge in [0.1, 0.15) is 17.3 Å². The van der Waals surface area contributed by atoms with E-state index in [0.29, 0.717) is 9.47 Å². The summed E-state index contributed by atoms with van der Waals surface area (Å²) in [6, 6.07) is 3.35. The highest BCUT2D eigenvalue weighted by molar-refractivity contribution is 8.01. The van der Waals surface area contributed by atoms with E-state index in [-0.39, 0.29) is 5.75 Å². The standard InChI is InChI=1S/C10H8F2N4OS2/c11-5-2-1-3-6(12)8(5)14-7(17)4-18-10-16-15-9(13)19-10/h1-3H,4H2,(H2,13,15)(H,14,17). The monoisotopic (exact) mass is 302 g/mol. The quantitative estimate of drug-likeness (QED) is 0.846. The lowest BCUT2D eigenvalue weighted by Gasteiger charge is -2.06. The molecule has 5 nitrogen and oxygen atoms in total. The Labute approximate surface area is 115 Å². The molecule has 0 radical (unpaired) electrons. The van der Waals surface area contributed by atoms with E-state index < -0.39 is 23.2 Å². The van der Waals surface area contributed by atoms with Gasteiger partial charge in [0.15, 0.2) is 4.34 Å². The summed E-state index contributed by atoms with van der Waals surface area (Å²) in [5.41, 5.74) is 4.93.